The first-order chi connectivity index (χ1) is 12.7. The third kappa shape index (κ3) is 4.99. The van der Waals surface area contributed by atoms with E-state index >= 15 is 0 Å². The highest BCUT2D eigenvalue weighted by Gasteiger charge is 2.25. The average molecular weight is 373 g/mol. The lowest BCUT2D eigenvalue weighted by atomic mass is 9.95. The number of para-hydroxylation sites is 2. The summed E-state index contributed by atoms with van der Waals surface area (Å²) in [4.78, 5) is 15.0. The maximum Gasteiger partial charge on any atom is 0.227 e. The number of hydrogen-bond donors (Lipinski definition) is 1. The molecule has 5 heteroatoms. The summed E-state index contributed by atoms with van der Waals surface area (Å²) in [5, 5.41) is 3.81. The number of ether oxygens (including phenoxy) is 1. The predicted octanol–water partition coefficient (Wildman–Crippen LogP) is 4.59. The number of likely N-dealkylation sites (tertiary alicyclic amines) is 1. The molecule has 26 heavy (non-hydrogen) atoms. The molecule has 0 atom stereocenters. The van der Waals surface area contributed by atoms with Crippen LogP contribution < -0.4 is 10.1 Å². The predicted molar refractivity (Wildman–Crippen MR) is 106 cm³/mol. The van der Waals surface area contributed by atoms with Gasteiger partial charge in [0.15, 0.2) is 0 Å². The van der Waals surface area contributed by atoms with E-state index < -0.39 is 0 Å². The van der Waals surface area contributed by atoms with Crippen LogP contribution in [0.1, 0.15) is 25.3 Å². The Hall–Kier alpha value is -2.04. The van der Waals surface area contributed by atoms with Crippen molar-refractivity contribution in [3.63, 3.8) is 0 Å². The van der Waals surface area contributed by atoms with Crippen molar-refractivity contribution < 1.29 is 9.53 Å². The van der Waals surface area contributed by atoms with Gasteiger partial charge in [-0.25, -0.2) is 0 Å². The smallest absolute Gasteiger partial charge is 0.227 e. The zero-order valence-corrected chi connectivity index (χ0v) is 15.8. The highest BCUT2D eigenvalue weighted by atomic mass is 35.5. The molecular weight excluding hydrogens is 348 g/mol. The van der Waals surface area contributed by atoms with E-state index in [-0.39, 0.29) is 11.8 Å². The molecule has 1 aliphatic rings. The maximum atomic E-state index is 12.6. The molecule has 0 aromatic heterocycles. The van der Waals surface area contributed by atoms with Crippen LogP contribution in [0.2, 0.25) is 5.02 Å². The fourth-order valence-electron chi connectivity index (χ4n) is 3.33. The highest BCUT2D eigenvalue weighted by Crippen LogP contribution is 2.26. The van der Waals surface area contributed by atoms with Crippen molar-refractivity contribution in [2.45, 2.75) is 26.3 Å². The molecule has 0 bridgehead atoms. The van der Waals surface area contributed by atoms with Gasteiger partial charge in [-0.1, -0.05) is 35.9 Å². The van der Waals surface area contributed by atoms with E-state index in [4.69, 9.17) is 16.3 Å². The van der Waals surface area contributed by atoms with Crippen LogP contribution in [-0.2, 0) is 11.3 Å². The number of anilines is 1. The van der Waals surface area contributed by atoms with Crippen LogP contribution in [0.25, 0.3) is 0 Å². The molecule has 1 saturated heterocycles. The lowest BCUT2D eigenvalue weighted by Crippen LogP contribution is -2.37. The Morgan fingerprint density at radius 2 is 1.96 bits per heavy atom. The van der Waals surface area contributed by atoms with E-state index in [0.717, 1.165) is 48.9 Å². The van der Waals surface area contributed by atoms with Crippen LogP contribution in [0, 0.1) is 5.92 Å². The van der Waals surface area contributed by atoms with Crippen LogP contribution in [0.5, 0.6) is 5.75 Å². The second-order valence-corrected chi connectivity index (χ2v) is 7.04. The largest absolute Gasteiger partial charge is 0.492 e. The van der Waals surface area contributed by atoms with E-state index in [0.29, 0.717) is 6.61 Å². The number of rotatable bonds is 6. The topological polar surface area (TPSA) is 41.6 Å². The van der Waals surface area contributed by atoms with Gasteiger partial charge in [-0.2, -0.15) is 0 Å². The van der Waals surface area contributed by atoms with Gasteiger partial charge >= 0.3 is 0 Å². The number of hydrogen-bond acceptors (Lipinski definition) is 3. The van der Waals surface area contributed by atoms with Crippen LogP contribution in [0.15, 0.2) is 48.5 Å². The quantitative estimate of drug-likeness (QED) is 0.806. The lowest BCUT2D eigenvalue weighted by Gasteiger charge is -2.31. The summed E-state index contributed by atoms with van der Waals surface area (Å²) < 4.78 is 5.58. The molecule has 3 rings (SSSR count). The molecule has 4 nitrogen and oxygen atoms in total. The van der Waals surface area contributed by atoms with Gasteiger partial charge in [0.05, 0.1) is 12.3 Å². The number of carbonyl (C=O) groups is 1. The molecule has 0 radical (unpaired) electrons. The van der Waals surface area contributed by atoms with E-state index in [1.54, 1.807) is 0 Å². The number of amides is 1. The Morgan fingerprint density at radius 3 is 2.69 bits per heavy atom. The number of piperidine rings is 1. The Bertz CT molecular complexity index is 742. The first-order valence-corrected chi connectivity index (χ1v) is 9.53. The Kier molecular flexibility index (Phi) is 6.53. The summed E-state index contributed by atoms with van der Waals surface area (Å²) in [6.45, 7) is 5.22. The number of halogens is 1. The standard InChI is InChI=1S/C21H25ClN2O2/c1-2-26-20-9-4-3-8-19(20)23-21(25)17-10-12-24(13-11-17)15-16-6-5-7-18(22)14-16/h3-9,14,17H,2,10-13,15H2,1H3,(H,23,25). The van der Waals surface area contributed by atoms with Crippen molar-refractivity contribution in [3.8, 4) is 5.75 Å². The van der Waals surface area contributed by atoms with Gasteiger partial charge < -0.3 is 10.1 Å². The zero-order valence-electron chi connectivity index (χ0n) is 15.1. The summed E-state index contributed by atoms with van der Waals surface area (Å²) in [6, 6.07) is 15.6. The van der Waals surface area contributed by atoms with Crippen molar-refractivity contribution >= 4 is 23.2 Å². The minimum atomic E-state index is 0.0419. The monoisotopic (exact) mass is 372 g/mol. The fourth-order valence-corrected chi connectivity index (χ4v) is 3.55. The van der Waals surface area contributed by atoms with Crippen molar-refractivity contribution in [1.82, 2.24) is 4.90 Å². The molecule has 0 aliphatic carbocycles. The molecule has 1 heterocycles. The third-order valence-electron chi connectivity index (χ3n) is 4.70. The minimum absolute atomic E-state index is 0.0419. The summed E-state index contributed by atoms with van der Waals surface area (Å²) in [5.74, 6) is 0.849. The van der Waals surface area contributed by atoms with Gasteiger partial charge in [0.25, 0.3) is 0 Å². The van der Waals surface area contributed by atoms with Crippen molar-refractivity contribution in [2.24, 2.45) is 5.92 Å². The van der Waals surface area contributed by atoms with Gasteiger partial charge in [0.2, 0.25) is 5.91 Å². The van der Waals surface area contributed by atoms with Crippen molar-refractivity contribution in [1.29, 1.82) is 0 Å². The van der Waals surface area contributed by atoms with E-state index in [1.165, 1.54) is 5.56 Å². The van der Waals surface area contributed by atoms with Gasteiger partial charge in [0.1, 0.15) is 5.75 Å². The van der Waals surface area contributed by atoms with Gasteiger partial charge in [0, 0.05) is 17.5 Å². The van der Waals surface area contributed by atoms with Gasteiger partial charge in [-0.3, -0.25) is 9.69 Å². The van der Waals surface area contributed by atoms with E-state index in [1.807, 2.05) is 49.4 Å². The highest BCUT2D eigenvalue weighted by molar-refractivity contribution is 6.30. The second kappa shape index (κ2) is 9.06. The molecule has 1 fully saturated rings. The van der Waals surface area contributed by atoms with Crippen LogP contribution in [-0.4, -0.2) is 30.5 Å². The number of carbonyl (C=O) groups excluding carboxylic acids is 1. The molecule has 138 valence electrons. The molecule has 0 spiro atoms. The molecule has 2 aromatic rings. The minimum Gasteiger partial charge on any atom is -0.492 e. The molecule has 1 amide bonds. The zero-order chi connectivity index (χ0) is 18.4. The molecule has 0 saturated carbocycles. The first-order valence-electron chi connectivity index (χ1n) is 9.15. The van der Waals surface area contributed by atoms with Crippen LogP contribution in [0.4, 0.5) is 5.69 Å². The Balaban J connectivity index is 1.52. The molecule has 2 aromatic carbocycles. The summed E-state index contributed by atoms with van der Waals surface area (Å²) in [5.41, 5.74) is 1.96. The first kappa shape index (κ1) is 18.7. The molecule has 0 unspecified atom stereocenters. The van der Waals surface area contributed by atoms with Gasteiger partial charge in [-0.15, -0.1) is 0 Å². The average Bonchev–Trinajstić information content (AvgIpc) is 2.64. The van der Waals surface area contributed by atoms with Gasteiger partial charge in [-0.05, 0) is 62.7 Å². The van der Waals surface area contributed by atoms with Crippen LogP contribution >= 0.6 is 11.6 Å². The summed E-state index contributed by atoms with van der Waals surface area (Å²) >= 11 is 6.06. The molecule has 1 N–H and O–H groups in total. The number of benzene rings is 2. The summed E-state index contributed by atoms with van der Waals surface area (Å²) in [7, 11) is 0. The lowest BCUT2D eigenvalue weighted by molar-refractivity contribution is -0.121. The third-order valence-corrected chi connectivity index (χ3v) is 4.93. The summed E-state index contributed by atoms with van der Waals surface area (Å²) in [6.07, 6.45) is 1.73. The van der Waals surface area contributed by atoms with Crippen molar-refractivity contribution in [2.75, 3.05) is 25.0 Å². The number of nitrogens with zero attached hydrogens (tertiary/aromatic N) is 1. The SMILES string of the molecule is CCOc1ccccc1NC(=O)C1CCN(Cc2cccc(Cl)c2)CC1. The molecular formula is C21H25ClN2O2. The van der Waals surface area contributed by atoms with E-state index in [2.05, 4.69) is 16.3 Å². The van der Waals surface area contributed by atoms with Crippen molar-refractivity contribution in [3.05, 3.63) is 59.1 Å². The Labute approximate surface area is 160 Å². The normalized spacial score (nSPS) is 15.6. The van der Waals surface area contributed by atoms with E-state index in [9.17, 15) is 4.79 Å². The van der Waals surface area contributed by atoms with Crippen LogP contribution in [0.3, 0.4) is 0 Å². The second-order valence-electron chi connectivity index (χ2n) is 6.60. The maximum absolute atomic E-state index is 12.6. The Morgan fingerprint density at radius 1 is 1.19 bits per heavy atom. The molecule has 1 aliphatic heterocycles. The number of nitrogens with one attached hydrogen (secondary N) is 1. The fraction of sp³-hybridized carbons (Fsp3) is 0.381.